The number of aromatic nitrogens is 2. The number of carbonyl (C=O) groups is 1. The number of carbonyl (C=O) groups excluding carboxylic acids is 1. The third kappa shape index (κ3) is 4.05. The number of amides is 1. The number of hydrogen-bond acceptors (Lipinski definition) is 4. The Morgan fingerprint density at radius 1 is 1.07 bits per heavy atom. The third-order valence-electron chi connectivity index (χ3n) is 4.85. The summed E-state index contributed by atoms with van der Waals surface area (Å²) in [6.07, 6.45) is 1.75. The van der Waals surface area contributed by atoms with E-state index in [-0.39, 0.29) is 5.91 Å². The lowest BCUT2D eigenvalue weighted by atomic mass is 10.0. The summed E-state index contributed by atoms with van der Waals surface area (Å²) in [7, 11) is 0. The Bertz CT molecular complexity index is 1150. The molecule has 4 nitrogen and oxygen atoms in total. The number of para-hydroxylation sites is 1. The fourth-order valence-electron chi connectivity index (χ4n) is 3.35. The molecule has 0 unspecified atom stereocenters. The summed E-state index contributed by atoms with van der Waals surface area (Å²) in [4.78, 5) is 24.5. The molecule has 4 rings (SSSR count). The van der Waals surface area contributed by atoms with Crippen molar-refractivity contribution in [1.82, 2.24) is 9.97 Å². The number of anilines is 1. The van der Waals surface area contributed by atoms with Crippen molar-refractivity contribution < 1.29 is 4.79 Å². The lowest BCUT2D eigenvalue weighted by Crippen LogP contribution is -2.30. The van der Waals surface area contributed by atoms with Crippen LogP contribution in [0, 0.1) is 6.92 Å². The Hall–Kier alpha value is -3.05. The molecule has 0 aliphatic rings. The minimum Gasteiger partial charge on any atom is -0.278 e. The smallest absolute Gasteiger partial charge is 0.260 e. The second-order valence-corrected chi connectivity index (χ2v) is 8.44. The maximum absolute atomic E-state index is 13.5. The van der Waals surface area contributed by atoms with E-state index in [2.05, 4.69) is 37.0 Å². The van der Waals surface area contributed by atoms with Gasteiger partial charge in [-0.1, -0.05) is 61.1 Å². The zero-order valence-electron chi connectivity index (χ0n) is 16.8. The summed E-state index contributed by atoms with van der Waals surface area (Å²) >= 11 is 1.55. The van der Waals surface area contributed by atoms with Crippen LogP contribution in [0.5, 0.6) is 0 Å². The molecule has 0 spiro atoms. The van der Waals surface area contributed by atoms with Crippen LogP contribution in [0.4, 0.5) is 5.13 Å². The predicted octanol–water partition coefficient (Wildman–Crippen LogP) is 5.97. The fraction of sp³-hybridized carbons (Fsp3) is 0.208. The second-order valence-electron chi connectivity index (χ2n) is 7.43. The molecular formula is C24H23N3OS. The molecule has 0 aliphatic carbocycles. The molecule has 0 aliphatic heterocycles. The molecule has 0 fully saturated rings. The number of pyridine rings is 1. The largest absolute Gasteiger partial charge is 0.278 e. The van der Waals surface area contributed by atoms with Gasteiger partial charge in [0.2, 0.25) is 0 Å². The second kappa shape index (κ2) is 8.13. The van der Waals surface area contributed by atoms with Crippen LogP contribution in [0.3, 0.4) is 0 Å². The maximum Gasteiger partial charge on any atom is 0.260 e. The summed E-state index contributed by atoms with van der Waals surface area (Å²) in [5.74, 6) is 0.301. The number of rotatable bonds is 5. The quantitative estimate of drug-likeness (QED) is 0.414. The molecule has 0 atom stereocenters. The zero-order chi connectivity index (χ0) is 20.4. The van der Waals surface area contributed by atoms with Crippen LogP contribution in [-0.4, -0.2) is 15.9 Å². The van der Waals surface area contributed by atoms with Gasteiger partial charge in [-0.2, -0.15) is 0 Å². The minimum absolute atomic E-state index is 0.0653. The summed E-state index contributed by atoms with van der Waals surface area (Å²) in [5.41, 5.74) is 4.72. The summed E-state index contributed by atoms with van der Waals surface area (Å²) in [5, 5.41) is 0.699. The lowest BCUT2D eigenvalue weighted by molar-refractivity contribution is 0.0984. The minimum atomic E-state index is -0.0653. The van der Waals surface area contributed by atoms with Crippen LogP contribution >= 0.6 is 11.3 Å². The Kier molecular flexibility index (Phi) is 5.41. The van der Waals surface area contributed by atoms with E-state index in [9.17, 15) is 4.79 Å². The van der Waals surface area contributed by atoms with Crippen molar-refractivity contribution in [2.75, 3.05) is 4.90 Å². The van der Waals surface area contributed by atoms with Gasteiger partial charge in [-0.15, -0.1) is 0 Å². The maximum atomic E-state index is 13.5. The topological polar surface area (TPSA) is 46.1 Å². The highest BCUT2D eigenvalue weighted by Gasteiger charge is 2.23. The predicted molar refractivity (Wildman–Crippen MR) is 120 cm³/mol. The van der Waals surface area contributed by atoms with E-state index in [4.69, 9.17) is 4.98 Å². The van der Waals surface area contributed by atoms with Gasteiger partial charge >= 0.3 is 0 Å². The van der Waals surface area contributed by atoms with E-state index in [0.717, 1.165) is 21.5 Å². The fourth-order valence-corrected chi connectivity index (χ4v) is 4.35. The molecule has 5 heteroatoms. The molecule has 4 aromatic rings. The van der Waals surface area contributed by atoms with Crippen LogP contribution in [0.1, 0.15) is 46.9 Å². The summed E-state index contributed by atoms with van der Waals surface area (Å²) < 4.78 is 1.09. The highest BCUT2D eigenvalue weighted by atomic mass is 32.1. The number of thiazole rings is 1. The van der Waals surface area contributed by atoms with Crippen molar-refractivity contribution in [3.05, 3.63) is 89.2 Å². The first-order valence-electron chi connectivity index (χ1n) is 9.71. The molecule has 146 valence electrons. The monoisotopic (exact) mass is 401 g/mol. The average Bonchev–Trinajstić information content (AvgIpc) is 3.16. The molecule has 2 heterocycles. The van der Waals surface area contributed by atoms with E-state index in [1.165, 1.54) is 5.56 Å². The van der Waals surface area contributed by atoms with Crippen LogP contribution < -0.4 is 4.90 Å². The third-order valence-corrected chi connectivity index (χ3v) is 5.89. The normalized spacial score (nSPS) is 11.2. The molecule has 0 bridgehead atoms. The van der Waals surface area contributed by atoms with Gasteiger partial charge in [0, 0.05) is 11.8 Å². The van der Waals surface area contributed by atoms with Crippen LogP contribution in [0.15, 0.2) is 66.9 Å². The zero-order valence-corrected chi connectivity index (χ0v) is 17.6. The summed E-state index contributed by atoms with van der Waals surface area (Å²) in [6.45, 7) is 6.70. The van der Waals surface area contributed by atoms with E-state index >= 15 is 0 Å². The van der Waals surface area contributed by atoms with Crippen molar-refractivity contribution in [2.45, 2.75) is 33.2 Å². The molecule has 29 heavy (non-hydrogen) atoms. The van der Waals surface area contributed by atoms with Gasteiger partial charge in [-0.3, -0.25) is 14.7 Å². The van der Waals surface area contributed by atoms with Gasteiger partial charge in [0.15, 0.2) is 5.13 Å². The Balaban J connectivity index is 1.81. The van der Waals surface area contributed by atoms with E-state index in [0.29, 0.717) is 23.2 Å². The molecule has 0 saturated heterocycles. The summed E-state index contributed by atoms with van der Waals surface area (Å²) in [6, 6.07) is 19.7. The van der Waals surface area contributed by atoms with Gasteiger partial charge in [0.25, 0.3) is 5.91 Å². The molecular weight excluding hydrogens is 378 g/mol. The van der Waals surface area contributed by atoms with Gasteiger partial charge in [0.05, 0.1) is 22.5 Å². The standard InChI is InChI=1S/C24H23N3OS/c1-16(2)20-11-7-12-21-22(20)26-24(29-21)27(15-19-10-4-5-13-25-19)23(28)18-9-6-8-17(3)14-18/h4-14,16H,15H2,1-3H3. The highest BCUT2D eigenvalue weighted by molar-refractivity contribution is 7.22. The first-order valence-corrected chi connectivity index (χ1v) is 10.5. The SMILES string of the molecule is Cc1cccc(C(=O)N(Cc2ccccn2)c2nc3c(C(C)C)cccc3s2)c1. The van der Waals surface area contributed by atoms with Gasteiger partial charge in [-0.05, 0) is 48.7 Å². The van der Waals surface area contributed by atoms with Crippen molar-refractivity contribution in [2.24, 2.45) is 0 Å². The first-order chi connectivity index (χ1) is 14.0. The van der Waals surface area contributed by atoms with Crippen LogP contribution in [0.25, 0.3) is 10.2 Å². The van der Waals surface area contributed by atoms with Crippen molar-refractivity contribution in [3.63, 3.8) is 0 Å². The van der Waals surface area contributed by atoms with Gasteiger partial charge in [-0.25, -0.2) is 4.98 Å². The molecule has 2 aromatic carbocycles. The Labute approximate surface area is 174 Å². The number of aryl methyl sites for hydroxylation is 1. The molecule has 2 aromatic heterocycles. The number of fused-ring (bicyclic) bond motifs is 1. The van der Waals surface area contributed by atoms with Gasteiger partial charge in [0.1, 0.15) is 0 Å². The molecule has 0 N–H and O–H groups in total. The number of benzene rings is 2. The Morgan fingerprint density at radius 3 is 2.62 bits per heavy atom. The molecule has 0 saturated carbocycles. The van der Waals surface area contributed by atoms with Crippen molar-refractivity contribution in [3.8, 4) is 0 Å². The van der Waals surface area contributed by atoms with E-state index in [1.54, 1.807) is 22.4 Å². The highest BCUT2D eigenvalue weighted by Crippen LogP contribution is 2.34. The molecule has 0 radical (unpaired) electrons. The van der Waals surface area contributed by atoms with Crippen molar-refractivity contribution >= 4 is 32.6 Å². The molecule has 1 amide bonds. The van der Waals surface area contributed by atoms with Gasteiger partial charge < -0.3 is 0 Å². The lowest BCUT2D eigenvalue weighted by Gasteiger charge is -2.20. The average molecular weight is 402 g/mol. The Morgan fingerprint density at radius 2 is 1.90 bits per heavy atom. The number of hydrogen-bond donors (Lipinski definition) is 0. The van der Waals surface area contributed by atoms with E-state index < -0.39 is 0 Å². The number of nitrogens with zero attached hydrogens (tertiary/aromatic N) is 3. The van der Waals surface area contributed by atoms with Crippen LogP contribution in [-0.2, 0) is 6.54 Å². The van der Waals surface area contributed by atoms with Crippen LogP contribution in [0.2, 0.25) is 0 Å². The first kappa shape index (κ1) is 19.3. The van der Waals surface area contributed by atoms with E-state index in [1.807, 2.05) is 49.4 Å². The van der Waals surface area contributed by atoms with Crippen molar-refractivity contribution in [1.29, 1.82) is 0 Å².